The summed E-state index contributed by atoms with van der Waals surface area (Å²) in [6.07, 6.45) is 4.63. The van der Waals surface area contributed by atoms with Gasteiger partial charge in [-0.3, -0.25) is 0 Å². The molecule has 0 saturated carbocycles. The minimum Gasteiger partial charge on any atom is -0.330 e. The summed E-state index contributed by atoms with van der Waals surface area (Å²) in [7, 11) is 2.16. The molecule has 1 aromatic heterocycles. The molecule has 0 radical (unpaired) electrons. The third-order valence-corrected chi connectivity index (χ3v) is 3.24. The molecular formula is C11H18N4. The molecule has 0 amide bonds. The van der Waals surface area contributed by atoms with Crippen molar-refractivity contribution in [2.75, 3.05) is 26.7 Å². The molecule has 1 saturated heterocycles. The second-order valence-electron chi connectivity index (χ2n) is 4.29. The fourth-order valence-corrected chi connectivity index (χ4v) is 2.37. The minimum atomic E-state index is 0.387. The van der Waals surface area contributed by atoms with Crippen molar-refractivity contribution >= 4 is 0 Å². The lowest BCUT2D eigenvalue weighted by Crippen LogP contribution is -2.25. The first-order valence-electron chi connectivity index (χ1n) is 5.45. The Balaban J connectivity index is 2.11. The number of likely N-dealkylation sites (tertiary alicyclic amines) is 1. The number of aromatic nitrogens is 2. The first-order chi connectivity index (χ1) is 7.31. The highest BCUT2D eigenvalue weighted by Crippen LogP contribution is 2.29. The van der Waals surface area contributed by atoms with Gasteiger partial charge in [0.05, 0.1) is 0 Å². The molecule has 4 nitrogen and oxygen atoms in total. The Morgan fingerprint density at radius 2 is 2.53 bits per heavy atom. The Labute approximate surface area is 90.5 Å². The van der Waals surface area contributed by atoms with Gasteiger partial charge in [-0.2, -0.15) is 0 Å². The van der Waals surface area contributed by atoms with Crippen LogP contribution in [0.5, 0.6) is 0 Å². The largest absolute Gasteiger partial charge is 0.330 e. The Kier molecular flexibility index (Phi) is 3.28. The fourth-order valence-electron chi connectivity index (χ4n) is 2.37. The average Bonchev–Trinajstić information content (AvgIpc) is 2.68. The van der Waals surface area contributed by atoms with E-state index < -0.39 is 0 Å². The van der Waals surface area contributed by atoms with Crippen LogP contribution in [0.4, 0.5) is 0 Å². The second-order valence-corrected chi connectivity index (χ2v) is 4.29. The van der Waals surface area contributed by atoms with Crippen molar-refractivity contribution in [1.82, 2.24) is 14.9 Å². The molecule has 1 fully saturated rings. The Hall–Kier alpha value is -1.00. The smallest absolute Gasteiger partial charge is 0.115 e. The summed E-state index contributed by atoms with van der Waals surface area (Å²) in [5.41, 5.74) is 6.94. The molecule has 1 aliphatic rings. The predicted octanol–water partition coefficient (Wildman–Crippen LogP) is 0.471. The van der Waals surface area contributed by atoms with Crippen LogP contribution in [-0.2, 0) is 0 Å². The van der Waals surface area contributed by atoms with Crippen LogP contribution in [0.15, 0.2) is 18.6 Å². The lowest BCUT2D eigenvalue weighted by atomic mass is 9.88. The molecule has 0 aromatic carbocycles. The molecule has 2 N–H and O–H groups in total. The molecule has 0 aliphatic carbocycles. The van der Waals surface area contributed by atoms with Gasteiger partial charge in [0.2, 0.25) is 0 Å². The molecule has 0 spiro atoms. The Morgan fingerprint density at radius 3 is 3.07 bits per heavy atom. The molecule has 0 bridgehead atoms. The normalized spacial score (nSPS) is 24.3. The summed E-state index contributed by atoms with van der Waals surface area (Å²) in [5.74, 6) is 1.04. The van der Waals surface area contributed by atoms with E-state index in [-0.39, 0.29) is 0 Å². The molecular weight excluding hydrogens is 188 g/mol. The highest BCUT2D eigenvalue weighted by atomic mass is 15.1. The third-order valence-electron chi connectivity index (χ3n) is 3.24. The maximum atomic E-state index is 5.85. The van der Waals surface area contributed by atoms with Crippen molar-refractivity contribution < 1.29 is 0 Å². The number of rotatable bonds is 3. The van der Waals surface area contributed by atoms with Crippen LogP contribution in [0.3, 0.4) is 0 Å². The summed E-state index contributed by atoms with van der Waals surface area (Å²) in [6.45, 7) is 2.98. The standard InChI is InChI=1S/C11H18N4/c1-15-5-3-9(7-15)10(6-12)11-2-4-13-8-14-11/h2,4,8-10H,3,5-7,12H2,1H3. The van der Waals surface area contributed by atoms with Gasteiger partial charge in [0.25, 0.3) is 0 Å². The highest BCUT2D eigenvalue weighted by Gasteiger charge is 2.28. The Morgan fingerprint density at radius 1 is 1.67 bits per heavy atom. The highest BCUT2D eigenvalue weighted by molar-refractivity contribution is 5.09. The van der Waals surface area contributed by atoms with Crippen LogP contribution in [0.25, 0.3) is 0 Å². The molecule has 2 heterocycles. The van der Waals surface area contributed by atoms with Gasteiger partial charge < -0.3 is 10.6 Å². The van der Waals surface area contributed by atoms with E-state index in [0.29, 0.717) is 18.4 Å². The predicted molar refractivity (Wildman–Crippen MR) is 59.4 cm³/mol. The second kappa shape index (κ2) is 4.68. The van der Waals surface area contributed by atoms with Crippen LogP contribution in [0.1, 0.15) is 18.0 Å². The van der Waals surface area contributed by atoms with E-state index in [0.717, 1.165) is 12.2 Å². The maximum absolute atomic E-state index is 5.85. The van der Waals surface area contributed by atoms with Crippen molar-refractivity contribution in [2.24, 2.45) is 11.7 Å². The van der Waals surface area contributed by atoms with Crippen molar-refractivity contribution in [3.63, 3.8) is 0 Å². The minimum absolute atomic E-state index is 0.387. The van der Waals surface area contributed by atoms with Crippen molar-refractivity contribution in [2.45, 2.75) is 12.3 Å². The average molecular weight is 206 g/mol. The van der Waals surface area contributed by atoms with Crippen LogP contribution in [-0.4, -0.2) is 41.5 Å². The van der Waals surface area contributed by atoms with Gasteiger partial charge in [-0.05, 0) is 32.0 Å². The van der Waals surface area contributed by atoms with Gasteiger partial charge in [0, 0.05) is 30.9 Å². The summed E-state index contributed by atoms with van der Waals surface area (Å²) in [5, 5.41) is 0. The molecule has 4 heteroatoms. The molecule has 15 heavy (non-hydrogen) atoms. The fraction of sp³-hybridized carbons (Fsp3) is 0.636. The molecule has 1 aromatic rings. The quantitative estimate of drug-likeness (QED) is 0.781. The molecule has 2 unspecified atom stereocenters. The SMILES string of the molecule is CN1CCC(C(CN)c2ccncn2)C1. The lowest BCUT2D eigenvalue weighted by molar-refractivity contribution is 0.369. The van der Waals surface area contributed by atoms with E-state index in [2.05, 4.69) is 21.9 Å². The van der Waals surface area contributed by atoms with Gasteiger partial charge in [-0.25, -0.2) is 9.97 Å². The van der Waals surface area contributed by atoms with Crippen molar-refractivity contribution in [3.05, 3.63) is 24.3 Å². The van der Waals surface area contributed by atoms with E-state index in [4.69, 9.17) is 5.73 Å². The monoisotopic (exact) mass is 206 g/mol. The zero-order valence-electron chi connectivity index (χ0n) is 9.13. The van der Waals surface area contributed by atoms with Crippen LogP contribution >= 0.6 is 0 Å². The van der Waals surface area contributed by atoms with E-state index in [1.54, 1.807) is 12.5 Å². The number of hydrogen-bond donors (Lipinski definition) is 1. The van der Waals surface area contributed by atoms with Crippen LogP contribution < -0.4 is 5.73 Å². The van der Waals surface area contributed by atoms with Crippen molar-refractivity contribution in [1.29, 1.82) is 0 Å². The third kappa shape index (κ3) is 2.33. The van der Waals surface area contributed by atoms with E-state index in [9.17, 15) is 0 Å². The molecule has 2 atom stereocenters. The van der Waals surface area contributed by atoms with E-state index in [1.807, 2.05) is 6.07 Å². The molecule has 82 valence electrons. The van der Waals surface area contributed by atoms with Crippen molar-refractivity contribution in [3.8, 4) is 0 Å². The summed E-state index contributed by atoms with van der Waals surface area (Å²) >= 11 is 0. The van der Waals surface area contributed by atoms with Gasteiger partial charge in [0.1, 0.15) is 6.33 Å². The number of nitrogens with two attached hydrogens (primary N) is 1. The lowest BCUT2D eigenvalue weighted by Gasteiger charge is -2.21. The van der Waals surface area contributed by atoms with E-state index >= 15 is 0 Å². The zero-order valence-corrected chi connectivity index (χ0v) is 9.13. The molecule has 2 rings (SSSR count). The van der Waals surface area contributed by atoms with Gasteiger partial charge >= 0.3 is 0 Å². The van der Waals surface area contributed by atoms with Gasteiger partial charge in [-0.15, -0.1) is 0 Å². The number of hydrogen-bond acceptors (Lipinski definition) is 4. The van der Waals surface area contributed by atoms with Gasteiger partial charge in [0.15, 0.2) is 0 Å². The zero-order chi connectivity index (χ0) is 10.7. The summed E-state index contributed by atoms with van der Waals surface area (Å²) in [6, 6.07) is 1.98. The first-order valence-corrected chi connectivity index (χ1v) is 5.45. The summed E-state index contributed by atoms with van der Waals surface area (Å²) in [4.78, 5) is 10.6. The number of nitrogens with zero attached hydrogens (tertiary/aromatic N) is 3. The first kappa shape index (κ1) is 10.5. The Bertz CT molecular complexity index is 301. The topological polar surface area (TPSA) is 55.0 Å². The molecule has 1 aliphatic heterocycles. The van der Waals surface area contributed by atoms with E-state index in [1.165, 1.54) is 13.0 Å². The summed E-state index contributed by atoms with van der Waals surface area (Å²) < 4.78 is 0. The van der Waals surface area contributed by atoms with Gasteiger partial charge in [-0.1, -0.05) is 0 Å². The maximum Gasteiger partial charge on any atom is 0.115 e. The van der Waals surface area contributed by atoms with Crippen LogP contribution in [0.2, 0.25) is 0 Å². The van der Waals surface area contributed by atoms with Crippen LogP contribution in [0, 0.1) is 5.92 Å².